The fraction of sp³-hybridized carbons (Fsp3) is 0.304. The van der Waals surface area contributed by atoms with Crippen molar-refractivity contribution in [2.24, 2.45) is 0 Å². The number of rotatable bonds is 8. The van der Waals surface area contributed by atoms with Crippen LogP contribution in [0.2, 0.25) is 0 Å². The highest BCUT2D eigenvalue weighted by molar-refractivity contribution is 7.87. The maximum Gasteiger partial charge on any atom is 0.295 e. The molecule has 1 heterocycles. The van der Waals surface area contributed by atoms with Gasteiger partial charge in [0.25, 0.3) is 30.4 Å². The molecule has 2 aromatic rings. The lowest BCUT2D eigenvalue weighted by Gasteiger charge is -2.27. The fourth-order valence-electron chi connectivity index (χ4n) is 4.47. The Morgan fingerprint density at radius 2 is 1.56 bits per heavy atom. The molecule has 1 aliphatic heterocycles. The summed E-state index contributed by atoms with van der Waals surface area (Å²) < 4.78 is 99.3. The summed E-state index contributed by atoms with van der Waals surface area (Å²) in [5, 5.41) is 0.237. The van der Waals surface area contributed by atoms with Gasteiger partial charge in [0.05, 0.1) is 10.6 Å². The Balaban J connectivity index is 2.37. The average molecular weight is 558 g/mol. The van der Waals surface area contributed by atoms with Crippen molar-refractivity contribution in [1.82, 2.24) is 0 Å². The molecule has 196 valence electrons. The SMILES string of the molecule is C/C=C/C=C/C=C1/N(CCCS(=O)(=O)O)c2ccc3c(S(=O)(=O)O)cc(S(=O)(=O)O)cc3c2C1(C)C. The third kappa shape index (κ3) is 5.71. The first-order chi connectivity index (χ1) is 16.5. The van der Waals surface area contributed by atoms with Crippen LogP contribution in [-0.2, 0) is 35.8 Å². The highest BCUT2D eigenvalue weighted by atomic mass is 32.2. The van der Waals surface area contributed by atoms with Crippen LogP contribution in [0, 0.1) is 0 Å². The van der Waals surface area contributed by atoms with Crippen LogP contribution in [0.3, 0.4) is 0 Å². The van der Waals surface area contributed by atoms with Crippen LogP contribution in [0.4, 0.5) is 5.69 Å². The van der Waals surface area contributed by atoms with Crippen molar-refractivity contribution in [3.8, 4) is 0 Å². The summed E-state index contributed by atoms with van der Waals surface area (Å²) in [5.74, 6) is -0.478. The van der Waals surface area contributed by atoms with Gasteiger partial charge in [-0.1, -0.05) is 44.2 Å². The first-order valence-electron chi connectivity index (χ1n) is 10.8. The number of hydrogen-bond acceptors (Lipinski definition) is 7. The van der Waals surface area contributed by atoms with E-state index in [1.165, 1.54) is 6.07 Å². The standard InChI is InChI=1S/C23H27NO9S3/c1-4-5-6-7-9-21-23(2,3)22-18-14-16(35(28,29)30)15-20(36(31,32)33)17(18)10-11-19(22)24(21)12-8-13-34(25,26)27/h4-7,9-11,14-15H,8,12-13H2,1-3H3,(H,25,26,27)(H,28,29,30)(H,31,32,33)/b5-4+,7-6+,21-9+. The molecule has 0 fully saturated rings. The summed E-state index contributed by atoms with van der Waals surface area (Å²) in [6.07, 6.45) is 9.07. The molecule has 0 amide bonds. The topological polar surface area (TPSA) is 166 Å². The zero-order valence-electron chi connectivity index (χ0n) is 19.8. The van der Waals surface area contributed by atoms with Gasteiger partial charge in [-0.3, -0.25) is 13.7 Å². The Bertz CT molecular complexity index is 1620. The van der Waals surface area contributed by atoms with Gasteiger partial charge in [0.2, 0.25) is 0 Å². The Kier molecular flexibility index (Phi) is 7.57. The molecule has 0 saturated carbocycles. The number of nitrogens with zero attached hydrogens (tertiary/aromatic N) is 1. The second-order valence-electron chi connectivity index (χ2n) is 8.81. The second-order valence-corrected chi connectivity index (χ2v) is 13.2. The van der Waals surface area contributed by atoms with Crippen LogP contribution in [0.15, 0.2) is 70.1 Å². The van der Waals surface area contributed by atoms with Gasteiger partial charge in [0.1, 0.15) is 4.90 Å². The molecule has 2 aromatic carbocycles. The number of hydrogen-bond donors (Lipinski definition) is 3. The molecule has 0 radical (unpaired) electrons. The van der Waals surface area contributed by atoms with Gasteiger partial charge in [-0.25, -0.2) is 0 Å². The predicted octanol–water partition coefficient (Wildman–Crippen LogP) is 3.72. The summed E-state index contributed by atoms with van der Waals surface area (Å²) >= 11 is 0. The average Bonchev–Trinajstić information content (AvgIpc) is 2.94. The van der Waals surface area contributed by atoms with E-state index in [1.54, 1.807) is 30.4 Å². The normalized spacial score (nSPS) is 17.6. The lowest BCUT2D eigenvalue weighted by atomic mass is 9.81. The minimum atomic E-state index is -4.86. The molecule has 1 aliphatic rings. The highest BCUT2D eigenvalue weighted by Gasteiger charge is 2.41. The van der Waals surface area contributed by atoms with Crippen LogP contribution in [0.25, 0.3) is 10.8 Å². The van der Waals surface area contributed by atoms with Gasteiger partial charge in [-0.2, -0.15) is 25.3 Å². The van der Waals surface area contributed by atoms with Gasteiger partial charge in [-0.15, -0.1) is 0 Å². The third-order valence-electron chi connectivity index (χ3n) is 5.92. The molecule has 3 N–H and O–H groups in total. The maximum absolute atomic E-state index is 12.1. The van der Waals surface area contributed by atoms with Gasteiger partial charge in [-0.05, 0) is 48.6 Å². The quantitative estimate of drug-likeness (QED) is 0.321. The Hall–Kier alpha value is -2.55. The van der Waals surface area contributed by atoms with Gasteiger partial charge in [0, 0.05) is 28.7 Å². The zero-order chi connectivity index (χ0) is 27.1. The molecule has 0 atom stereocenters. The Morgan fingerprint density at radius 1 is 0.889 bits per heavy atom. The minimum absolute atomic E-state index is 0.0559. The first-order valence-corrected chi connectivity index (χ1v) is 15.3. The second kappa shape index (κ2) is 9.72. The van der Waals surface area contributed by atoms with Crippen molar-refractivity contribution in [3.05, 3.63) is 65.9 Å². The number of anilines is 1. The fourth-order valence-corrected chi connectivity index (χ4v) is 6.30. The van der Waals surface area contributed by atoms with Crippen molar-refractivity contribution in [1.29, 1.82) is 0 Å². The smallest absolute Gasteiger partial charge is 0.295 e. The maximum atomic E-state index is 12.1. The van der Waals surface area contributed by atoms with E-state index in [4.69, 9.17) is 4.55 Å². The van der Waals surface area contributed by atoms with Crippen LogP contribution in [-0.4, -0.2) is 51.2 Å². The minimum Gasteiger partial charge on any atom is -0.344 e. The summed E-state index contributed by atoms with van der Waals surface area (Å²) in [7, 11) is -13.9. The van der Waals surface area contributed by atoms with E-state index in [0.717, 1.165) is 6.07 Å². The highest BCUT2D eigenvalue weighted by Crippen LogP contribution is 2.51. The molecule has 10 nitrogen and oxygen atoms in total. The first kappa shape index (κ1) is 28.0. The molecule has 13 heteroatoms. The lowest BCUT2D eigenvalue weighted by molar-refractivity contribution is 0.478. The van der Waals surface area contributed by atoms with E-state index in [-0.39, 0.29) is 23.7 Å². The zero-order valence-corrected chi connectivity index (χ0v) is 22.2. The van der Waals surface area contributed by atoms with E-state index in [9.17, 15) is 34.4 Å². The molecule has 0 unspecified atom stereocenters. The third-order valence-corrected chi connectivity index (χ3v) is 8.45. The van der Waals surface area contributed by atoms with Crippen molar-refractivity contribution < 1.29 is 38.9 Å². The van der Waals surface area contributed by atoms with E-state index < -0.39 is 51.3 Å². The molecule has 0 bridgehead atoms. The number of fused-ring (bicyclic) bond motifs is 3. The lowest BCUT2D eigenvalue weighted by Crippen LogP contribution is -2.28. The van der Waals surface area contributed by atoms with Gasteiger partial charge < -0.3 is 4.90 Å². The Morgan fingerprint density at radius 3 is 2.11 bits per heavy atom. The van der Waals surface area contributed by atoms with Crippen molar-refractivity contribution in [2.45, 2.75) is 42.4 Å². The van der Waals surface area contributed by atoms with E-state index in [0.29, 0.717) is 23.0 Å². The van der Waals surface area contributed by atoms with E-state index in [1.807, 2.05) is 31.7 Å². The largest absolute Gasteiger partial charge is 0.344 e. The number of benzene rings is 2. The molecular weight excluding hydrogens is 530 g/mol. The monoisotopic (exact) mass is 557 g/mol. The van der Waals surface area contributed by atoms with Crippen molar-refractivity contribution >= 4 is 46.8 Å². The summed E-state index contributed by atoms with van der Waals surface area (Å²) in [5.41, 5.74) is 0.934. The van der Waals surface area contributed by atoms with E-state index in [2.05, 4.69) is 0 Å². The molecular formula is C23H27NO9S3. The molecule has 0 saturated heterocycles. The summed E-state index contributed by atoms with van der Waals surface area (Å²) in [6.45, 7) is 5.68. The summed E-state index contributed by atoms with van der Waals surface area (Å²) in [4.78, 5) is 0.442. The molecule has 36 heavy (non-hydrogen) atoms. The summed E-state index contributed by atoms with van der Waals surface area (Å²) in [6, 6.07) is 4.86. The predicted molar refractivity (Wildman–Crippen MR) is 137 cm³/mol. The van der Waals surface area contributed by atoms with Crippen LogP contribution in [0.1, 0.15) is 32.8 Å². The van der Waals surface area contributed by atoms with Crippen molar-refractivity contribution in [3.63, 3.8) is 0 Å². The van der Waals surface area contributed by atoms with Crippen LogP contribution in [0.5, 0.6) is 0 Å². The van der Waals surface area contributed by atoms with E-state index >= 15 is 0 Å². The van der Waals surface area contributed by atoms with Gasteiger partial charge in [0.15, 0.2) is 0 Å². The van der Waals surface area contributed by atoms with Crippen LogP contribution >= 0.6 is 0 Å². The molecule has 0 aromatic heterocycles. The van der Waals surface area contributed by atoms with Gasteiger partial charge >= 0.3 is 0 Å². The molecule has 0 aliphatic carbocycles. The van der Waals surface area contributed by atoms with Crippen molar-refractivity contribution in [2.75, 3.05) is 17.2 Å². The Labute approximate surface area is 210 Å². The molecule has 3 rings (SSSR count). The van der Waals surface area contributed by atoms with Crippen LogP contribution < -0.4 is 4.90 Å². The number of allylic oxidation sites excluding steroid dienone is 6. The molecule has 0 spiro atoms.